The normalized spacial score (nSPS) is 18.6. The smallest absolute Gasteiger partial charge is 0.228 e. The third kappa shape index (κ3) is 6.91. The number of benzene rings is 1. The van der Waals surface area contributed by atoms with Crippen molar-refractivity contribution >= 4 is 11.6 Å². The summed E-state index contributed by atoms with van der Waals surface area (Å²) >= 11 is 0. The van der Waals surface area contributed by atoms with Gasteiger partial charge in [-0.1, -0.05) is 56.6 Å². The van der Waals surface area contributed by atoms with Gasteiger partial charge >= 0.3 is 0 Å². The van der Waals surface area contributed by atoms with Gasteiger partial charge in [0.05, 0.1) is 21.3 Å². The van der Waals surface area contributed by atoms with Gasteiger partial charge in [0.1, 0.15) is 22.9 Å². The van der Waals surface area contributed by atoms with Crippen LogP contribution in [0, 0.1) is 11.8 Å². The molecule has 1 aliphatic rings. The molecule has 2 atom stereocenters. The van der Waals surface area contributed by atoms with E-state index in [0.29, 0.717) is 28.9 Å². The number of hydrogen-bond acceptors (Lipinski definition) is 4. The molecule has 1 amide bonds. The van der Waals surface area contributed by atoms with Gasteiger partial charge in [0, 0.05) is 18.1 Å². The van der Waals surface area contributed by atoms with Crippen LogP contribution in [0.4, 0.5) is 5.69 Å². The molecular weight excluding hydrogens is 390 g/mol. The van der Waals surface area contributed by atoms with Crippen molar-refractivity contribution in [3.05, 3.63) is 23.3 Å². The lowest BCUT2D eigenvalue weighted by atomic mass is 9.74. The van der Waals surface area contributed by atoms with Gasteiger partial charge in [-0.25, -0.2) is 0 Å². The van der Waals surface area contributed by atoms with Crippen LogP contribution in [-0.4, -0.2) is 27.2 Å². The van der Waals surface area contributed by atoms with Crippen molar-refractivity contribution in [3.63, 3.8) is 0 Å². The second-order valence-electron chi connectivity index (χ2n) is 8.79. The lowest BCUT2D eigenvalue weighted by Gasteiger charge is -2.32. The lowest BCUT2D eigenvalue weighted by Crippen LogP contribution is -2.32. The highest BCUT2D eigenvalue weighted by atomic mass is 16.5. The van der Waals surface area contributed by atoms with E-state index in [-0.39, 0.29) is 11.8 Å². The number of unbranched alkanes of at least 4 members (excludes halogenated alkanes) is 5. The Morgan fingerprint density at radius 2 is 1.48 bits per heavy atom. The molecule has 0 unspecified atom stereocenters. The molecule has 0 aromatic heterocycles. The van der Waals surface area contributed by atoms with E-state index < -0.39 is 0 Å². The van der Waals surface area contributed by atoms with Gasteiger partial charge in [0.25, 0.3) is 0 Å². The molecule has 0 fully saturated rings. The van der Waals surface area contributed by atoms with Gasteiger partial charge in [0.2, 0.25) is 5.91 Å². The Labute approximate surface area is 188 Å². The van der Waals surface area contributed by atoms with E-state index in [4.69, 9.17) is 14.2 Å². The SMILES string of the molecule is CCCCCCCC[C@@H]1CC(C)=C(C)C[C@H]1C(=O)Nc1c(OC)cc(OC)cc1OC. The number of methoxy groups -OCH3 is 3. The summed E-state index contributed by atoms with van der Waals surface area (Å²) in [7, 11) is 4.77. The summed E-state index contributed by atoms with van der Waals surface area (Å²) in [6.07, 6.45) is 10.6. The molecule has 31 heavy (non-hydrogen) atoms. The maximum Gasteiger partial charge on any atom is 0.228 e. The van der Waals surface area contributed by atoms with Crippen LogP contribution in [0.5, 0.6) is 17.2 Å². The van der Waals surface area contributed by atoms with E-state index in [1.807, 2.05) is 0 Å². The first-order valence-electron chi connectivity index (χ1n) is 11.7. The van der Waals surface area contributed by atoms with E-state index in [1.165, 1.54) is 49.7 Å². The van der Waals surface area contributed by atoms with Gasteiger partial charge in [0.15, 0.2) is 0 Å². The van der Waals surface area contributed by atoms with Crippen LogP contribution in [-0.2, 0) is 4.79 Å². The van der Waals surface area contributed by atoms with Crippen LogP contribution in [0.3, 0.4) is 0 Å². The predicted molar refractivity (Wildman–Crippen MR) is 127 cm³/mol. The molecule has 1 aromatic carbocycles. The van der Waals surface area contributed by atoms with Crippen LogP contribution in [0.15, 0.2) is 23.3 Å². The Morgan fingerprint density at radius 3 is 2.06 bits per heavy atom. The third-order valence-corrected chi connectivity index (χ3v) is 6.62. The topological polar surface area (TPSA) is 56.8 Å². The summed E-state index contributed by atoms with van der Waals surface area (Å²) in [5.74, 6) is 2.10. The Hall–Kier alpha value is -2.17. The molecule has 0 saturated heterocycles. The standard InChI is InChI=1S/C26H41NO4/c1-7-8-9-10-11-12-13-20-14-18(2)19(3)15-22(20)26(28)27-25-23(30-5)16-21(29-4)17-24(25)31-6/h16-17,20,22H,7-15H2,1-6H3,(H,27,28)/t20-,22-/m1/s1. The monoisotopic (exact) mass is 431 g/mol. The second-order valence-corrected chi connectivity index (χ2v) is 8.79. The molecule has 5 nitrogen and oxygen atoms in total. The molecule has 0 aliphatic heterocycles. The Kier molecular flexibility index (Phi) is 10.2. The fourth-order valence-electron chi connectivity index (χ4n) is 4.52. The molecule has 0 saturated carbocycles. The molecule has 0 bridgehead atoms. The first kappa shape index (κ1) is 25.1. The average Bonchev–Trinajstić information content (AvgIpc) is 2.78. The maximum absolute atomic E-state index is 13.4. The minimum atomic E-state index is -0.0316. The summed E-state index contributed by atoms with van der Waals surface area (Å²) in [6, 6.07) is 3.53. The Bertz CT molecular complexity index is 731. The van der Waals surface area contributed by atoms with Gasteiger partial charge < -0.3 is 19.5 Å². The largest absolute Gasteiger partial charge is 0.496 e. The number of carbonyl (C=O) groups excluding carboxylic acids is 1. The number of allylic oxidation sites excluding steroid dienone is 2. The fraction of sp³-hybridized carbons (Fsp3) is 0.654. The molecule has 0 spiro atoms. The van der Waals surface area contributed by atoms with E-state index in [9.17, 15) is 4.79 Å². The van der Waals surface area contributed by atoms with Crippen LogP contribution < -0.4 is 19.5 Å². The van der Waals surface area contributed by atoms with Crippen molar-refractivity contribution < 1.29 is 19.0 Å². The number of ether oxygens (including phenoxy) is 3. The van der Waals surface area contributed by atoms with Gasteiger partial charge in [-0.15, -0.1) is 0 Å². The van der Waals surface area contributed by atoms with E-state index in [1.54, 1.807) is 33.5 Å². The predicted octanol–water partition coefficient (Wildman–Crippen LogP) is 6.76. The first-order valence-corrected chi connectivity index (χ1v) is 11.7. The lowest BCUT2D eigenvalue weighted by molar-refractivity contribution is -0.121. The molecule has 1 aliphatic carbocycles. The second kappa shape index (κ2) is 12.6. The quantitative estimate of drug-likeness (QED) is 0.293. The van der Waals surface area contributed by atoms with Gasteiger partial charge in [-0.3, -0.25) is 4.79 Å². The highest BCUT2D eigenvalue weighted by Gasteiger charge is 2.33. The summed E-state index contributed by atoms with van der Waals surface area (Å²) in [5.41, 5.74) is 3.35. The number of rotatable bonds is 12. The van der Waals surface area contributed by atoms with E-state index >= 15 is 0 Å². The number of anilines is 1. The zero-order chi connectivity index (χ0) is 22.8. The van der Waals surface area contributed by atoms with Crippen LogP contribution >= 0.6 is 0 Å². The molecule has 5 heteroatoms. The zero-order valence-corrected chi connectivity index (χ0v) is 20.3. The van der Waals surface area contributed by atoms with Crippen LogP contribution in [0.25, 0.3) is 0 Å². The summed E-state index contributed by atoms with van der Waals surface area (Å²) in [5, 5.41) is 3.12. The number of carbonyl (C=O) groups is 1. The van der Waals surface area contributed by atoms with Crippen molar-refractivity contribution in [1.29, 1.82) is 0 Å². The minimum Gasteiger partial charge on any atom is -0.496 e. The Balaban J connectivity index is 2.13. The molecular formula is C26H41NO4. The van der Waals surface area contributed by atoms with Crippen molar-refractivity contribution in [2.75, 3.05) is 26.6 Å². The molecule has 1 aromatic rings. The van der Waals surface area contributed by atoms with Crippen molar-refractivity contribution in [2.24, 2.45) is 11.8 Å². The molecule has 1 N–H and O–H groups in total. The number of hydrogen-bond donors (Lipinski definition) is 1. The van der Waals surface area contributed by atoms with Crippen LogP contribution in [0.1, 0.15) is 78.6 Å². The summed E-state index contributed by atoms with van der Waals surface area (Å²) in [6.45, 7) is 6.62. The minimum absolute atomic E-state index is 0.0316. The zero-order valence-electron chi connectivity index (χ0n) is 20.3. The fourth-order valence-corrected chi connectivity index (χ4v) is 4.52. The van der Waals surface area contributed by atoms with Crippen LogP contribution in [0.2, 0.25) is 0 Å². The first-order chi connectivity index (χ1) is 14.9. The average molecular weight is 432 g/mol. The molecule has 174 valence electrons. The van der Waals surface area contributed by atoms with Gasteiger partial charge in [-0.2, -0.15) is 0 Å². The summed E-state index contributed by atoms with van der Waals surface area (Å²) < 4.78 is 16.3. The summed E-state index contributed by atoms with van der Waals surface area (Å²) in [4.78, 5) is 13.4. The van der Waals surface area contributed by atoms with E-state index in [2.05, 4.69) is 26.1 Å². The maximum atomic E-state index is 13.4. The number of amides is 1. The van der Waals surface area contributed by atoms with Gasteiger partial charge in [-0.05, 0) is 39.0 Å². The third-order valence-electron chi connectivity index (χ3n) is 6.62. The van der Waals surface area contributed by atoms with E-state index in [0.717, 1.165) is 19.3 Å². The van der Waals surface area contributed by atoms with Crippen molar-refractivity contribution in [2.45, 2.75) is 78.6 Å². The molecule has 0 radical (unpaired) electrons. The molecule has 2 rings (SSSR count). The highest BCUT2D eigenvalue weighted by Crippen LogP contribution is 2.42. The highest BCUT2D eigenvalue weighted by molar-refractivity contribution is 5.96. The Morgan fingerprint density at radius 1 is 0.903 bits per heavy atom. The van der Waals surface area contributed by atoms with Crippen molar-refractivity contribution in [3.8, 4) is 17.2 Å². The van der Waals surface area contributed by atoms with Crippen molar-refractivity contribution in [1.82, 2.24) is 0 Å². The molecule has 0 heterocycles. The number of nitrogens with one attached hydrogen (secondary N) is 1.